The van der Waals surface area contributed by atoms with Crippen LogP contribution in [0.2, 0.25) is 0 Å². The first-order chi connectivity index (χ1) is 12.9. The molecular formula is C18H23F3N2O5. The van der Waals surface area contributed by atoms with Crippen LogP contribution in [0.25, 0.3) is 0 Å². The van der Waals surface area contributed by atoms with Crippen LogP contribution >= 0.6 is 0 Å². The first kappa shape index (κ1) is 23.6. The maximum atomic E-state index is 12.2. The van der Waals surface area contributed by atoms with Gasteiger partial charge in [0.05, 0.1) is 0 Å². The molecule has 0 aliphatic heterocycles. The number of benzene rings is 1. The molecule has 0 spiro atoms. The third-order valence-electron chi connectivity index (χ3n) is 3.90. The number of rotatable bonds is 10. The Kier molecular flexibility index (Phi) is 8.58. The van der Waals surface area contributed by atoms with E-state index >= 15 is 0 Å². The first-order valence-corrected chi connectivity index (χ1v) is 8.66. The highest BCUT2D eigenvalue weighted by Crippen LogP contribution is 2.28. The molecule has 7 nitrogen and oxygen atoms in total. The van der Waals surface area contributed by atoms with E-state index in [4.69, 9.17) is 10.2 Å². The number of nitrogens with one attached hydrogen (secondary N) is 2. The van der Waals surface area contributed by atoms with Crippen LogP contribution in [0.3, 0.4) is 0 Å². The average molecular weight is 404 g/mol. The van der Waals surface area contributed by atoms with Crippen molar-refractivity contribution in [1.82, 2.24) is 5.32 Å². The second-order valence-electron chi connectivity index (χ2n) is 6.27. The molecule has 0 saturated heterocycles. The number of alkyl halides is 3. The van der Waals surface area contributed by atoms with Crippen molar-refractivity contribution in [2.24, 2.45) is 0 Å². The van der Waals surface area contributed by atoms with Crippen molar-refractivity contribution >= 4 is 23.3 Å². The van der Waals surface area contributed by atoms with Gasteiger partial charge in [-0.1, -0.05) is 12.8 Å². The molecule has 28 heavy (non-hydrogen) atoms. The summed E-state index contributed by atoms with van der Waals surface area (Å²) in [6.07, 6.45) is -3.22. The fraction of sp³-hybridized carbons (Fsp3) is 0.500. The number of carbonyl (C=O) groups excluding carboxylic acids is 3. The minimum Gasteiger partial charge on any atom is -0.351 e. The number of hydrogen-bond acceptors (Lipinski definition) is 5. The normalized spacial score (nSPS) is 11.8. The Morgan fingerprint density at radius 1 is 0.964 bits per heavy atom. The Bertz CT molecular complexity index is 687. The van der Waals surface area contributed by atoms with Crippen LogP contribution in [-0.2, 0) is 9.59 Å². The van der Waals surface area contributed by atoms with Gasteiger partial charge in [-0.05, 0) is 44.0 Å². The Morgan fingerprint density at radius 3 is 2.07 bits per heavy atom. The van der Waals surface area contributed by atoms with E-state index in [1.165, 1.54) is 6.92 Å². The molecule has 156 valence electrons. The summed E-state index contributed by atoms with van der Waals surface area (Å²) >= 11 is 0. The molecule has 1 rings (SSSR count). The fourth-order valence-corrected chi connectivity index (χ4v) is 2.23. The second kappa shape index (κ2) is 10.2. The smallest absolute Gasteiger partial charge is 0.351 e. The van der Waals surface area contributed by atoms with Crippen molar-refractivity contribution in [2.45, 2.75) is 51.0 Å². The van der Waals surface area contributed by atoms with Crippen molar-refractivity contribution in [2.75, 3.05) is 11.9 Å². The van der Waals surface area contributed by atoms with Gasteiger partial charge in [0.2, 0.25) is 5.91 Å². The van der Waals surface area contributed by atoms with E-state index in [1.807, 2.05) is 5.32 Å². The van der Waals surface area contributed by atoms with Crippen LogP contribution in [0.5, 0.6) is 0 Å². The summed E-state index contributed by atoms with van der Waals surface area (Å²) < 4.78 is 36.7. The summed E-state index contributed by atoms with van der Waals surface area (Å²) in [6, 6.07) is 6.47. The molecule has 1 aromatic rings. The van der Waals surface area contributed by atoms with Gasteiger partial charge in [-0.15, -0.1) is 0 Å². The van der Waals surface area contributed by atoms with Gasteiger partial charge in [-0.3, -0.25) is 14.4 Å². The Hall–Kier alpha value is -2.46. The third-order valence-corrected chi connectivity index (χ3v) is 3.90. The molecule has 10 heteroatoms. The van der Waals surface area contributed by atoms with Crippen molar-refractivity contribution in [3.8, 4) is 0 Å². The lowest BCUT2D eigenvalue weighted by atomic mass is 10.1. The second-order valence-corrected chi connectivity index (χ2v) is 6.27. The number of ketones is 1. The number of halogens is 3. The van der Waals surface area contributed by atoms with E-state index in [2.05, 4.69) is 5.32 Å². The molecule has 0 aromatic heterocycles. The van der Waals surface area contributed by atoms with Gasteiger partial charge in [0.15, 0.2) is 5.78 Å². The molecular weight excluding hydrogens is 381 g/mol. The molecule has 0 saturated carbocycles. The molecule has 4 N–H and O–H groups in total. The Morgan fingerprint density at radius 2 is 1.54 bits per heavy atom. The number of amides is 2. The molecule has 0 unspecified atom stereocenters. The molecule has 0 atom stereocenters. The molecule has 0 bridgehead atoms. The molecule has 0 radical (unpaired) electrons. The van der Waals surface area contributed by atoms with Gasteiger partial charge >= 0.3 is 12.0 Å². The third kappa shape index (κ3) is 7.28. The molecule has 0 heterocycles. The highest BCUT2D eigenvalue weighted by Gasteiger charge is 2.58. The standard InChI is InChI=1S/C18H23F3N2O5/c1-12(24)13-7-9-14(10-8-13)23-15(25)6-4-2-3-5-11-22-16(26)17(27,28)18(19,20)21/h7-10,27-28H,2-6,11H2,1H3,(H,22,26)(H,23,25). The lowest BCUT2D eigenvalue weighted by Gasteiger charge is -2.22. The molecule has 0 aliphatic carbocycles. The highest BCUT2D eigenvalue weighted by molar-refractivity contribution is 5.95. The number of carbonyl (C=O) groups is 3. The lowest BCUT2D eigenvalue weighted by molar-refractivity contribution is -0.328. The molecule has 1 aromatic carbocycles. The number of hydrogen-bond donors (Lipinski definition) is 4. The minimum absolute atomic E-state index is 0.0730. The number of Topliss-reactive ketones (excluding diaryl/α,β-unsaturated/α-hetero) is 1. The van der Waals surface area contributed by atoms with Gasteiger partial charge in [-0.25, -0.2) is 0 Å². The summed E-state index contributed by atoms with van der Waals surface area (Å²) in [5, 5.41) is 22.0. The van der Waals surface area contributed by atoms with Crippen molar-refractivity contribution in [1.29, 1.82) is 0 Å². The van der Waals surface area contributed by atoms with E-state index < -0.39 is 17.9 Å². The van der Waals surface area contributed by atoms with E-state index in [0.29, 0.717) is 36.9 Å². The van der Waals surface area contributed by atoms with Crippen LogP contribution in [0.15, 0.2) is 24.3 Å². The van der Waals surface area contributed by atoms with Crippen LogP contribution in [-0.4, -0.2) is 46.3 Å². The fourth-order valence-electron chi connectivity index (χ4n) is 2.23. The van der Waals surface area contributed by atoms with Crippen molar-refractivity contribution in [3.63, 3.8) is 0 Å². The number of anilines is 1. The summed E-state index contributed by atoms with van der Waals surface area (Å²) in [6.45, 7) is 1.30. The van der Waals surface area contributed by atoms with Crippen molar-refractivity contribution < 1.29 is 37.8 Å². The van der Waals surface area contributed by atoms with Gasteiger partial charge < -0.3 is 20.8 Å². The van der Waals surface area contributed by atoms with Gasteiger partial charge in [0.1, 0.15) is 0 Å². The van der Waals surface area contributed by atoms with E-state index in [1.54, 1.807) is 24.3 Å². The first-order valence-electron chi connectivity index (χ1n) is 8.66. The largest absolute Gasteiger partial charge is 0.453 e. The van der Waals surface area contributed by atoms with Gasteiger partial charge in [-0.2, -0.15) is 13.2 Å². The zero-order valence-electron chi connectivity index (χ0n) is 15.3. The summed E-state index contributed by atoms with van der Waals surface area (Å²) in [7, 11) is 0. The molecule has 0 aliphatic rings. The lowest BCUT2D eigenvalue weighted by Crippen LogP contribution is -2.57. The summed E-state index contributed by atoms with van der Waals surface area (Å²) in [4.78, 5) is 34.1. The van der Waals surface area contributed by atoms with Crippen LogP contribution in [0.4, 0.5) is 18.9 Å². The van der Waals surface area contributed by atoms with E-state index in [-0.39, 0.29) is 24.7 Å². The quantitative estimate of drug-likeness (QED) is 0.271. The maximum Gasteiger partial charge on any atom is 0.453 e. The SMILES string of the molecule is CC(=O)c1ccc(NC(=O)CCCCCCNC(=O)C(O)(O)C(F)(F)F)cc1. The van der Waals surface area contributed by atoms with Gasteiger partial charge in [0, 0.05) is 24.2 Å². The van der Waals surface area contributed by atoms with Crippen LogP contribution in [0, 0.1) is 0 Å². The highest BCUT2D eigenvalue weighted by atomic mass is 19.4. The Labute approximate surface area is 159 Å². The number of aliphatic hydroxyl groups is 2. The topological polar surface area (TPSA) is 116 Å². The van der Waals surface area contributed by atoms with E-state index in [0.717, 1.165) is 0 Å². The van der Waals surface area contributed by atoms with E-state index in [9.17, 15) is 27.6 Å². The maximum absolute atomic E-state index is 12.2. The minimum atomic E-state index is -5.48. The number of unbranched alkanes of at least 4 members (excludes halogenated alkanes) is 3. The molecule has 0 fully saturated rings. The zero-order valence-corrected chi connectivity index (χ0v) is 15.3. The molecule has 2 amide bonds. The average Bonchev–Trinajstić information content (AvgIpc) is 2.60. The van der Waals surface area contributed by atoms with Gasteiger partial charge in [0.25, 0.3) is 5.91 Å². The monoisotopic (exact) mass is 404 g/mol. The summed E-state index contributed by atoms with van der Waals surface area (Å²) in [5.41, 5.74) is 1.11. The van der Waals surface area contributed by atoms with Crippen LogP contribution < -0.4 is 10.6 Å². The van der Waals surface area contributed by atoms with Crippen molar-refractivity contribution in [3.05, 3.63) is 29.8 Å². The predicted molar refractivity (Wildman–Crippen MR) is 94.4 cm³/mol. The van der Waals surface area contributed by atoms with Crippen LogP contribution in [0.1, 0.15) is 49.4 Å². The predicted octanol–water partition coefficient (Wildman–Crippen LogP) is 2.14. The summed E-state index contributed by atoms with van der Waals surface area (Å²) in [5.74, 6) is -6.61. The zero-order chi connectivity index (χ0) is 21.4. The Balaban J connectivity index is 2.18.